The first-order valence-electron chi connectivity index (χ1n) is 12.0. The fraction of sp³-hybridized carbons (Fsp3) is 0.444. The molecule has 0 aromatic heterocycles. The minimum atomic E-state index is -0.679. The molecule has 1 N–H and O–H groups in total. The number of hydrogen-bond donors (Lipinski definition) is 1. The number of nitrogens with zero attached hydrogens (tertiary/aromatic N) is 1. The molecule has 0 radical (unpaired) electrons. The molecule has 1 saturated carbocycles. The second-order valence-electron chi connectivity index (χ2n) is 9.43. The molecule has 1 aliphatic heterocycles. The summed E-state index contributed by atoms with van der Waals surface area (Å²) in [5, 5.41) is 3.04. The summed E-state index contributed by atoms with van der Waals surface area (Å²) in [6, 6.07) is 14.9. The van der Waals surface area contributed by atoms with E-state index in [0.717, 1.165) is 43.5 Å². The van der Waals surface area contributed by atoms with E-state index in [0.29, 0.717) is 28.6 Å². The summed E-state index contributed by atoms with van der Waals surface area (Å²) in [6.07, 6.45) is 4.47. The van der Waals surface area contributed by atoms with Crippen LogP contribution < -0.4 is 5.32 Å². The van der Waals surface area contributed by atoms with Crippen LogP contribution in [0.15, 0.2) is 48.5 Å². The van der Waals surface area contributed by atoms with Gasteiger partial charge in [-0.1, -0.05) is 42.5 Å². The Morgan fingerprint density at radius 1 is 0.971 bits per heavy atom. The van der Waals surface area contributed by atoms with Gasteiger partial charge in [0.25, 0.3) is 5.91 Å². The van der Waals surface area contributed by atoms with Gasteiger partial charge < -0.3 is 19.3 Å². The van der Waals surface area contributed by atoms with Crippen LogP contribution in [0.5, 0.6) is 0 Å². The first-order valence-corrected chi connectivity index (χ1v) is 12.0. The first kappa shape index (κ1) is 24.0. The summed E-state index contributed by atoms with van der Waals surface area (Å²) in [5.74, 6) is -0.907. The van der Waals surface area contributed by atoms with Gasteiger partial charge in [-0.3, -0.25) is 4.79 Å². The van der Waals surface area contributed by atoms with Gasteiger partial charge in [0.2, 0.25) is 0 Å². The van der Waals surface area contributed by atoms with E-state index in [9.17, 15) is 14.4 Å². The van der Waals surface area contributed by atoms with Crippen molar-refractivity contribution in [2.75, 3.05) is 32.1 Å². The lowest BCUT2D eigenvalue weighted by Gasteiger charge is -2.46. The number of likely N-dealkylation sites (tertiary alicyclic amines) is 1. The third-order valence-corrected chi connectivity index (χ3v) is 7.32. The molecule has 2 fully saturated rings. The van der Waals surface area contributed by atoms with Gasteiger partial charge in [0.15, 0.2) is 12.1 Å². The Kier molecular flexibility index (Phi) is 7.03. The highest BCUT2D eigenvalue weighted by Crippen LogP contribution is 2.50. The van der Waals surface area contributed by atoms with Gasteiger partial charge >= 0.3 is 11.9 Å². The predicted octanol–water partition coefficient (Wildman–Crippen LogP) is 4.00. The third kappa shape index (κ3) is 4.71. The Bertz CT molecular complexity index is 1060. The first-order chi connectivity index (χ1) is 16.4. The SMILES string of the molecule is COC(=O)c1cccc(C)c1NC(=O)C1([N+]2(CC(=O)OCc3ccccc3)CCCCC2)CC1. The summed E-state index contributed by atoms with van der Waals surface area (Å²) >= 11 is 0. The molecule has 0 atom stereocenters. The summed E-state index contributed by atoms with van der Waals surface area (Å²) in [4.78, 5) is 39.0. The number of esters is 2. The van der Waals surface area contributed by atoms with Gasteiger partial charge in [0, 0.05) is 12.8 Å². The Balaban J connectivity index is 1.54. The smallest absolute Gasteiger partial charge is 0.362 e. The normalized spacial score (nSPS) is 17.9. The number of nitrogens with one attached hydrogen (secondary N) is 1. The Hall–Kier alpha value is -3.19. The number of carbonyl (C=O) groups is 3. The molecule has 0 bridgehead atoms. The number of methoxy groups -OCH3 is 1. The van der Waals surface area contributed by atoms with Gasteiger partial charge in [-0.25, -0.2) is 9.59 Å². The molecule has 2 aliphatic rings. The van der Waals surface area contributed by atoms with Gasteiger partial charge in [-0.2, -0.15) is 0 Å². The second kappa shape index (κ2) is 9.97. The van der Waals surface area contributed by atoms with Crippen molar-refractivity contribution < 1.29 is 28.3 Å². The minimum Gasteiger partial charge on any atom is -0.465 e. The standard InChI is InChI=1S/C27H32N2O5/c1-20-10-9-13-22(25(31)33-2)24(20)28-26(32)27(14-15-27)29(16-7-4-8-17-29)18-23(30)34-19-21-11-5-3-6-12-21/h3,5-6,9-13H,4,7-8,14-19H2,1-2H3/p+1. The van der Waals surface area contributed by atoms with Crippen molar-refractivity contribution in [2.24, 2.45) is 0 Å². The number of para-hydroxylation sites is 1. The van der Waals surface area contributed by atoms with E-state index in [-0.39, 0.29) is 25.0 Å². The quantitative estimate of drug-likeness (QED) is 0.471. The highest BCUT2D eigenvalue weighted by atomic mass is 16.5. The van der Waals surface area contributed by atoms with Crippen molar-refractivity contribution >= 4 is 23.5 Å². The highest BCUT2D eigenvalue weighted by molar-refractivity contribution is 6.05. The number of piperidine rings is 1. The summed E-state index contributed by atoms with van der Waals surface area (Å²) < 4.78 is 10.9. The third-order valence-electron chi connectivity index (χ3n) is 7.32. The van der Waals surface area contributed by atoms with Crippen LogP contribution in [0.1, 0.15) is 53.6 Å². The zero-order valence-electron chi connectivity index (χ0n) is 20.0. The number of hydrogen-bond acceptors (Lipinski definition) is 5. The zero-order chi connectivity index (χ0) is 24.2. The monoisotopic (exact) mass is 465 g/mol. The molecule has 4 rings (SSSR count). The van der Waals surface area contributed by atoms with Crippen molar-refractivity contribution in [3.05, 3.63) is 65.2 Å². The minimum absolute atomic E-state index is 0.135. The fourth-order valence-corrected chi connectivity index (χ4v) is 5.26. The van der Waals surface area contributed by atoms with Gasteiger partial charge in [-0.05, 0) is 43.4 Å². The fourth-order valence-electron chi connectivity index (χ4n) is 5.26. The molecule has 0 unspecified atom stereocenters. The number of quaternary nitrogens is 1. The molecule has 7 nitrogen and oxygen atoms in total. The lowest BCUT2D eigenvalue weighted by Crippen LogP contribution is -2.66. The van der Waals surface area contributed by atoms with E-state index in [1.807, 2.05) is 43.3 Å². The lowest BCUT2D eigenvalue weighted by molar-refractivity contribution is -0.950. The molecule has 7 heteroatoms. The van der Waals surface area contributed by atoms with Crippen LogP contribution in [-0.2, 0) is 25.7 Å². The molecule has 1 saturated heterocycles. The lowest BCUT2D eigenvalue weighted by atomic mass is 9.99. The average Bonchev–Trinajstić information content (AvgIpc) is 3.67. The van der Waals surface area contributed by atoms with Crippen molar-refractivity contribution in [2.45, 2.75) is 51.2 Å². The summed E-state index contributed by atoms with van der Waals surface area (Å²) in [5.41, 5.74) is 1.86. The largest absolute Gasteiger partial charge is 0.465 e. The number of rotatable bonds is 8. The van der Waals surface area contributed by atoms with E-state index in [1.54, 1.807) is 12.1 Å². The molecule has 1 heterocycles. The van der Waals surface area contributed by atoms with Crippen LogP contribution in [0, 0.1) is 6.92 Å². The predicted molar refractivity (Wildman–Crippen MR) is 128 cm³/mol. The second-order valence-corrected chi connectivity index (χ2v) is 9.43. The van der Waals surface area contributed by atoms with E-state index in [4.69, 9.17) is 9.47 Å². The van der Waals surface area contributed by atoms with Crippen LogP contribution in [0.4, 0.5) is 5.69 Å². The number of benzene rings is 2. The summed E-state index contributed by atoms with van der Waals surface area (Å²) in [7, 11) is 1.33. The molecule has 2 aromatic carbocycles. The molecule has 0 spiro atoms. The van der Waals surface area contributed by atoms with E-state index in [2.05, 4.69) is 5.32 Å². The van der Waals surface area contributed by atoms with E-state index < -0.39 is 11.5 Å². The topological polar surface area (TPSA) is 81.7 Å². The number of aryl methyl sites for hydroxylation is 1. The van der Waals surface area contributed by atoms with Crippen LogP contribution in [-0.4, -0.2) is 54.6 Å². The zero-order valence-corrected chi connectivity index (χ0v) is 20.0. The van der Waals surface area contributed by atoms with Crippen LogP contribution >= 0.6 is 0 Å². The number of ether oxygens (including phenoxy) is 2. The molecule has 2 aromatic rings. The Morgan fingerprint density at radius 3 is 2.32 bits per heavy atom. The average molecular weight is 466 g/mol. The van der Waals surface area contributed by atoms with E-state index in [1.165, 1.54) is 7.11 Å². The number of carbonyl (C=O) groups excluding carboxylic acids is 3. The van der Waals surface area contributed by atoms with Crippen LogP contribution in [0.25, 0.3) is 0 Å². The Labute approximate surface area is 200 Å². The number of amides is 1. The summed E-state index contributed by atoms with van der Waals surface area (Å²) in [6.45, 7) is 3.80. The maximum Gasteiger partial charge on any atom is 0.362 e. The maximum absolute atomic E-state index is 13.7. The molecule has 1 amide bonds. The van der Waals surface area contributed by atoms with Crippen molar-refractivity contribution in [3.8, 4) is 0 Å². The van der Waals surface area contributed by atoms with Gasteiger partial charge in [0.1, 0.15) is 6.61 Å². The molecule has 1 aliphatic carbocycles. The van der Waals surface area contributed by atoms with Crippen molar-refractivity contribution in [1.29, 1.82) is 0 Å². The maximum atomic E-state index is 13.7. The van der Waals surface area contributed by atoms with Crippen LogP contribution in [0.2, 0.25) is 0 Å². The molecular weight excluding hydrogens is 432 g/mol. The van der Waals surface area contributed by atoms with Crippen molar-refractivity contribution in [3.63, 3.8) is 0 Å². The van der Waals surface area contributed by atoms with Gasteiger partial charge in [-0.15, -0.1) is 0 Å². The highest BCUT2D eigenvalue weighted by Gasteiger charge is 2.66. The number of anilines is 1. The molecule has 34 heavy (non-hydrogen) atoms. The van der Waals surface area contributed by atoms with E-state index >= 15 is 0 Å². The van der Waals surface area contributed by atoms with Gasteiger partial charge in [0.05, 0.1) is 31.5 Å². The molecule has 180 valence electrons. The van der Waals surface area contributed by atoms with Crippen molar-refractivity contribution in [1.82, 2.24) is 0 Å². The Morgan fingerprint density at radius 2 is 1.68 bits per heavy atom. The molecular formula is C27H33N2O5+. The van der Waals surface area contributed by atoms with Crippen LogP contribution in [0.3, 0.4) is 0 Å².